The lowest BCUT2D eigenvalue weighted by molar-refractivity contribution is -0.124. The molecule has 6 nitrogen and oxygen atoms in total. The van der Waals surface area contributed by atoms with E-state index in [1.165, 1.54) is 7.11 Å². The van der Waals surface area contributed by atoms with Gasteiger partial charge in [-0.2, -0.15) is 0 Å². The molecule has 7 heteroatoms. The van der Waals surface area contributed by atoms with Gasteiger partial charge in [0.2, 0.25) is 11.8 Å². The van der Waals surface area contributed by atoms with Crippen LogP contribution in [0.25, 0.3) is 0 Å². The predicted molar refractivity (Wildman–Crippen MR) is 92.0 cm³/mol. The number of carbonyl (C=O) groups excluding carboxylic acids is 2. The SMILES string of the molecule is CCCNC(=O)CN(C)[C@H](C)C(=O)Nc1cc(Cl)ccc1OC. The number of benzene rings is 1. The average Bonchev–Trinajstić information content (AvgIpc) is 2.52. The van der Waals surface area contributed by atoms with Crippen LogP contribution in [-0.2, 0) is 9.59 Å². The first-order chi connectivity index (χ1) is 10.9. The summed E-state index contributed by atoms with van der Waals surface area (Å²) in [6.07, 6.45) is 0.875. The molecule has 0 aliphatic heterocycles. The molecule has 0 spiro atoms. The van der Waals surface area contributed by atoms with Gasteiger partial charge in [-0.05, 0) is 38.6 Å². The second kappa shape index (κ2) is 9.37. The molecule has 0 heterocycles. The first-order valence-corrected chi connectivity index (χ1v) is 7.88. The molecule has 1 atom stereocenters. The molecule has 0 aliphatic carbocycles. The summed E-state index contributed by atoms with van der Waals surface area (Å²) in [6, 6.07) is 4.51. The summed E-state index contributed by atoms with van der Waals surface area (Å²) in [5.74, 6) is 0.184. The maximum absolute atomic E-state index is 12.3. The van der Waals surface area contributed by atoms with Gasteiger partial charge < -0.3 is 15.4 Å². The van der Waals surface area contributed by atoms with Crippen molar-refractivity contribution >= 4 is 29.1 Å². The summed E-state index contributed by atoms with van der Waals surface area (Å²) in [6.45, 7) is 4.51. The molecule has 0 aromatic heterocycles. The van der Waals surface area contributed by atoms with E-state index in [0.29, 0.717) is 23.0 Å². The Morgan fingerprint density at radius 1 is 1.39 bits per heavy atom. The molecule has 0 aliphatic rings. The summed E-state index contributed by atoms with van der Waals surface area (Å²) in [5.41, 5.74) is 0.501. The van der Waals surface area contributed by atoms with Gasteiger partial charge in [0.15, 0.2) is 0 Å². The number of nitrogens with zero attached hydrogens (tertiary/aromatic N) is 1. The van der Waals surface area contributed by atoms with Gasteiger partial charge in [-0.15, -0.1) is 0 Å². The van der Waals surface area contributed by atoms with Crippen LogP contribution < -0.4 is 15.4 Å². The molecule has 128 valence electrons. The van der Waals surface area contributed by atoms with Crippen molar-refractivity contribution in [2.45, 2.75) is 26.3 Å². The van der Waals surface area contributed by atoms with E-state index in [9.17, 15) is 9.59 Å². The highest BCUT2D eigenvalue weighted by atomic mass is 35.5. The Morgan fingerprint density at radius 3 is 2.70 bits per heavy atom. The summed E-state index contributed by atoms with van der Waals surface area (Å²) >= 11 is 5.95. The normalized spacial score (nSPS) is 11.9. The lowest BCUT2D eigenvalue weighted by Gasteiger charge is -2.23. The molecule has 0 radical (unpaired) electrons. The van der Waals surface area contributed by atoms with Crippen LogP contribution in [0.2, 0.25) is 5.02 Å². The molecular formula is C16H24ClN3O3. The molecule has 0 bridgehead atoms. The van der Waals surface area contributed by atoms with Crippen LogP contribution in [0, 0.1) is 0 Å². The van der Waals surface area contributed by atoms with Crippen molar-refractivity contribution in [2.24, 2.45) is 0 Å². The number of carbonyl (C=O) groups is 2. The zero-order valence-electron chi connectivity index (χ0n) is 14.0. The second-order valence-electron chi connectivity index (χ2n) is 5.27. The third-order valence-electron chi connectivity index (χ3n) is 3.43. The fourth-order valence-electron chi connectivity index (χ4n) is 1.90. The van der Waals surface area contributed by atoms with Crippen LogP contribution in [-0.4, -0.2) is 50.0 Å². The Labute approximate surface area is 142 Å². The third kappa shape index (κ3) is 6.08. The van der Waals surface area contributed by atoms with Gasteiger partial charge in [0.25, 0.3) is 0 Å². The van der Waals surface area contributed by atoms with E-state index < -0.39 is 6.04 Å². The van der Waals surface area contributed by atoms with Crippen molar-refractivity contribution in [3.05, 3.63) is 23.2 Å². The molecule has 0 unspecified atom stereocenters. The average molecular weight is 342 g/mol. The summed E-state index contributed by atoms with van der Waals surface area (Å²) in [4.78, 5) is 25.7. The number of likely N-dealkylation sites (N-methyl/N-ethyl adjacent to an activating group) is 1. The molecular weight excluding hydrogens is 318 g/mol. The van der Waals surface area contributed by atoms with Gasteiger partial charge in [-0.25, -0.2) is 0 Å². The van der Waals surface area contributed by atoms with Crippen LogP contribution in [0.5, 0.6) is 5.75 Å². The van der Waals surface area contributed by atoms with Gasteiger partial charge >= 0.3 is 0 Å². The highest BCUT2D eigenvalue weighted by Crippen LogP contribution is 2.27. The van der Waals surface area contributed by atoms with Crippen LogP contribution in [0.3, 0.4) is 0 Å². The van der Waals surface area contributed by atoms with Crippen molar-refractivity contribution in [2.75, 3.05) is 32.6 Å². The number of nitrogens with one attached hydrogen (secondary N) is 2. The Hall–Kier alpha value is -1.79. The number of rotatable bonds is 8. The van der Waals surface area contributed by atoms with E-state index in [1.807, 2.05) is 6.92 Å². The minimum atomic E-state index is -0.480. The van der Waals surface area contributed by atoms with Crippen molar-refractivity contribution in [1.82, 2.24) is 10.2 Å². The first kappa shape index (κ1) is 19.3. The summed E-state index contributed by atoms with van der Waals surface area (Å²) < 4.78 is 5.20. The summed E-state index contributed by atoms with van der Waals surface area (Å²) in [5, 5.41) is 6.06. The lowest BCUT2D eigenvalue weighted by Crippen LogP contribution is -2.44. The van der Waals surface area contributed by atoms with Crippen LogP contribution in [0.4, 0.5) is 5.69 Å². The maximum Gasteiger partial charge on any atom is 0.241 e. The van der Waals surface area contributed by atoms with E-state index in [0.717, 1.165) is 6.42 Å². The Bertz CT molecular complexity index is 551. The topological polar surface area (TPSA) is 70.7 Å². The Morgan fingerprint density at radius 2 is 2.09 bits per heavy atom. The minimum Gasteiger partial charge on any atom is -0.495 e. The Balaban J connectivity index is 2.66. The fourth-order valence-corrected chi connectivity index (χ4v) is 2.07. The number of amides is 2. The van der Waals surface area contributed by atoms with Gasteiger partial charge in [-0.1, -0.05) is 18.5 Å². The third-order valence-corrected chi connectivity index (χ3v) is 3.66. The molecule has 2 amide bonds. The van der Waals surface area contributed by atoms with Crippen LogP contribution in [0.15, 0.2) is 18.2 Å². The van der Waals surface area contributed by atoms with E-state index in [-0.39, 0.29) is 18.4 Å². The highest BCUT2D eigenvalue weighted by molar-refractivity contribution is 6.31. The maximum atomic E-state index is 12.3. The van der Waals surface area contributed by atoms with Gasteiger partial charge in [0.1, 0.15) is 5.75 Å². The van der Waals surface area contributed by atoms with E-state index in [2.05, 4.69) is 10.6 Å². The number of hydrogen-bond donors (Lipinski definition) is 2. The lowest BCUT2D eigenvalue weighted by atomic mass is 10.2. The summed E-state index contributed by atoms with van der Waals surface area (Å²) in [7, 11) is 3.25. The molecule has 2 N–H and O–H groups in total. The number of ether oxygens (including phenoxy) is 1. The van der Waals surface area contributed by atoms with E-state index >= 15 is 0 Å². The van der Waals surface area contributed by atoms with Gasteiger partial charge in [0, 0.05) is 11.6 Å². The molecule has 1 aromatic rings. The quantitative estimate of drug-likeness (QED) is 0.760. The highest BCUT2D eigenvalue weighted by Gasteiger charge is 2.21. The number of anilines is 1. The zero-order chi connectivity index (χ0) is 17.4. The smallest absolute Gasteiger partial charge is 0.241 e. The molecule has 0 saturated heterocycles. The largest absolute Gasteiger partial charge is 0.495 e. The Kier molecular flexibility index (Phi) is 7.85. The molecule has 0 saturated carbocycles. The number of hydrogen-bond acceptors (Lipinski definition) is 4. The van der Waals surface area contributed by atoms with E-state index in [1.54, 1.807) is 37.1 Å². The molecule has 1 aromatic carbocycles. The fraction of sp³-hybridized carbons (Fsp3) is 0.500. The predicted octanol–water partition coefficient (Wildman–Crippen LogP) is 2.13. The number of methoxy groups -OCH3 is 1. The molecule has 23 heavy (non-hydrogen) atoms. The van der Waals surface area contributed by atoms with E-state index in [4.69, 9.17) is 16.3 Å². The first-order valence-electron chi connectivity index (χ1n) is 7.50. The van der Waals surface area contributed by atoms with Gasteiger partial charge in [-0.3, -0.25) is 14.5 Å². The van der Waals surface area contributed by atoms with Crippen LogP contribution in [0.1, 0.15) is 20.3 Å². The monoisotopic (exact) mass is 341 g/mol. The van der Waals surface area contributed by atoms with Crippen LogP contribution >= 0.6 is 11.6 Å². The minimum absolute atomic E-state index is 0.102. The number of halogens is 1. The van der Waals surface area contributed by atoms with Gasteiger partial charge in [0.05, 0.1) is 25.4 Å². The van der Waals surface area contributed by atoms with Crippen molar-refractivity contribution in [1.29, 1.82) is 0 Å². The molecule has 1 rings (SSSR count). The van der Waals surface area contributed by atoms with Crippen molar-refractivity contribution in [3.8, 4) is 5.75 Å². The van der Waals surface area contributed by atoms with Crippen molar-refractivity contribution in [3.63, 3.8) is 0 Å². The standard InChI is InChI=1S/C16H24ClN3O3/c1-5-8-18-15(21)10-20(3)11(2)16(22)19-13-9-12(17)6-7-14(13)23-4/h6-7,9,11H,5,8,10H2,1-4H3,(H,18,21)(H,19,22)/t11-/m1/s1. The molecule has 0 fully saturated rings. The zero-order valence-corrected chi connectivity index (χ0v) is 14.7. The van der Waals surface area contributed by atoms with Crippen molar-refractivity contribution < 1.29 is 14.3 Å². The second-order valence-corrected chi connectivity index (χ2v) is 5.71.